The van der Waals surface area contributed by atoms with Crippen LogP contribution in [0.15, 0.2) is 0 Å². The van der Waals surface area contributed by atoms with E-state index in [-0.39, 0.29) is 64.9 Å². The van der Waals surface area contributed by atoms with Crippen molar-refractivity contribution in [2.45, 2.75) is 96.9 Å². The Bertz CT molecular complexity index is 643. The Labute approximate surface area is 203 Å². The van der Waals surface area contributed by atoms with E-state index < -0.39 is 12.1 Å². The molecular formula is C24H39NaO5. The van der Waals surface area contributed by atoms with Gasteiger partial charge in [-0.2, -0.15) is 0 Å². The van der Waals surface area contributed by atoms with E-state index >= 15 is 0 Å². The number of hydrogen-bond acceptors (Lipinski definition) is 5. The number of carbonyl (C=O) groups excluding carboxylic acids is 1. The van der Waals surface area contributed by atoms with Crippen LogP contribution >= 0.6 is 0 Å². The summed E-state index contributed by atoms with van der Waals surface area (Å²) in [5, 5.41) is 42.3. The molecule has 3 N–H and O–H groups in total. The Balaban J connectivity index is 0.00000256. The van der Waals surface area contributed by atoms with Crippen LogP contribution in [-0.4, -0.2) is 39.6 Å². The van der Waals surface area contributed by atoms with Crippen molar-refractivity contribution in [1.29, 1.82) is 0 Å². The van der Waals surface area contributed by atoms with Crippen LogP contribution in [-0.2, 0) is 4.79 Å². The van der Waals surface area contributed by atoms with Crippen molar-refractivity contribution in [2.24, 2.45) is 46.3 Å². The van der Waals surface area contributed by atoms with Gasteiger partial charge in [0.15, 0.2) is 0 Å². The summed E-state index contributed by atoms with van der Waals surface area (Å²) in [6.07, 6.45) is 6.32. The molecule has 0 bridgehead atoms. The number of carboxylic acid groups (broad SMARTS) is 1. The minimum absolute atomic E-state index is 0. The molecule has 0 heterocycles. The molecule has 6 heteroatoms. The molecule has 4 fully saturated rings. The zero-order valence-electron chi connectivity index (χ0n) is 19.2. The molecule has 0 aromatic carbocycles. The van der Waals surface area contributed by atoms with Gasteiger partial charge in [-0.3, -0.25) is 0 Å². The summed E-state index contributed by atoms with van der Waals surface area (Å²) in [5.41, 5.74) is 0.323. The molecule has 0 aromatic heterocycles. The van der Waals surface area contributed by atoms with E-state index in [9.17, 15) is 25.2 Å². The Morgan fingerprint density at radius 1 is 1.03 bits per heavy atom. The number of rotatable bonds is 4. The Hall–Kier alpha value is 0.350. The minimum atomic E-state index is -1.39. The van der Waals surface area contributed by atoms with Crippen LogP contribution in [0.4, 0.5) is 0 Å². The molecule has 4 aliphatic carbocycles. The Morgan fingerprint density at radius 2 is 1.67 bits per heavy atom. The number of fused-ring (bicyclic) bond motifs is 5. The van der Waals surface area contributed by atoms with Gasteiger partial charge >= 0.3 is 29.6 Å². The van der Waals surface area contributed by atoms with Gasteiger partial charge in [0.25, 0.3) is 0 Å². The second-order valence-electron chi connectivity index (χ2n) is 11.5. The van der Waals surface area contributed by atoms with Crippen LogP contribution < -0.4 is 34.7 Å². The van der Waals surface area contributed by atoms with Crippen molar-refractivity contribution in [3.63, 3.8) is 0 Å². The van der Waals surface area contributed by atoms with Gasteiger partial charge in [-0.15, -0.1) is 0 Å². The quantitative estimate of drug-likeness (QED) is 0.503. The average molecular weight is 431 g/mol. The third kappa shape index (κ3) is 3.94. The van der Waals surface area contributed by atoms with Crippen molar-refractivity contribution < 1.29 is 54.8 Å². The van der Waals surface area contributed by atoms with E-state index in [4.69, 9.17) is 0 Å². The van der Waals surface area contributed by atoms with Crippen LogP contribution in [0.1, 0.15) is 78.6 Å². The van der Waals surface area contributed by atoms with E-state index in [1.165, 1.54) is 0 Å². The standard InChI is InChI=1S/C24H40O5.Na/c1-13(10-20(27)22(28)29)16-4-5-17-21-18(7-9-24(16,17)3)23(2)8-6-15(25)11-14(23)12-19(21)26;/h13-21,25-27H,4-12H2,1-3H3,(H,28,29);/q;+1/p-1/t13-,14+,15-,16-,17?,18?,19-,20?,21?,23+,24-;/m1./s1. The molecule has 0 amide bonds. The fraction of sp³-hybridized carbons (Fsp3) is 0.958. The van der Waals surface area contributed by atoms with Gasteiger partial charge in [0.2, 0.25) is 0 Å². The van der Waals surface area contributed by atoms with E-state index in [1.54, 1.807) is 0 Å². The predicted molar refractivity (Wildman–Crippen MR) is 107 cm³/mol. The molecule has 4 rings (SSSR count). The first-order valence-electron chi connectivity index (χ1n) is 11.8. The molecule has 30 heavy (non-hydrogen) atoms. The molecule has 5 nitrogen and oxygen atoms in total. The minimum Gasteiger partial charge on any atom is -0.547 e. The van der Waals surface area contributed by atoms with Gasteiger partial charge in [-0.1, -0.05) is 20.8 Å². The monoisotopic (exact) mass is 430 g/mol. The molecule has 4 unspecified atom stereocenters. The number of aliphatic hydroxyl groups is 3. The summed E-state index contributed by atoms with van der Waals surface area (Å²) in [5.74, 6) is 0.853. The molecule has 4 aliphatic rings. The largest absolute Gasteiger partial charge is 1.00 e. The number of aliphatic hydroxyl groups excluding tert-OH is 3. The van der Waals surface area contributed by atoms with Gasteiger partial charge in [0.05, 0.1) is 24.3 Å². The number of hydrogen-bond donors (Lipinski definition) is 3. The van der Waals surface area contributed by atoms with Gasteiger partial charge in [0.1, 0.15) is 0 Å². The zero-order chi connectivity index (χ0) is 21.1. The molecule has 0 radical (unpaired) electrons. The summed E-state index contributed by atoms with van der Waals surface area (Å²) in [6.45, 7) is 6.86. The van der Waals surface area contributed by atoms with E-state index in [0.29, 0.717) is 29.6 Å². The molecular weight excluding hydrogens is 391 g/mol. The van der Waals surface area contributed by atoms with Crippen LogP contribution in [0.5, 0.6) is 0 Å². The van der Waals surface area contributed by atoms with Crippen LogP contribution in [0, 0.1) is 46.3 Å². The first-order valence-corrected chi connectivity index (χ1v) is 11.8. The smallest absolute Gasteiger partial charge is 0.547 e. The number of carbonyl (C=O) groups is 1. The van der Waals surface area contributed by atoms with E-state index in [1.807, 2.05) is 0 Å². The predicted octanol–water partition coefficient (Wildman–Crippen LogP) is -0.882. The number of carboxylic acids is 1. The summed E-state index contributed by atoms with van der Waals surface area (Å²) in [7, 11) is 0. The Morgan fingerprint density at radius 3 is 2.33 bits per heavy atom. The van der Waals surface area contributed by atoms with Gasteiger partial charge in [0, 0.05) is 0 Å². The molecule has 11 atom stereocenters. The number of aliphatic carboxylic acids is 1. The topological polar surface area (TPSA) is 101 Å². The molecule has 0 aromatic rings. The van der Waals surface area contributed by atoms with Gasteiger partial charge in [-0.05, 0) is 104 Å². The van der Waals surface area contributed by atoms with Crippen molar-refractivity contribution in [1.82, 2.24) is 0 Å². The van der Waals surface area contributed by atoms with Gasteiger partial charge in [-0.25, -0.2) is 0 Å². The summed E-state index contributed by atoms with van der Waals surface area (Å²) >= 11 is 0. The van der Waals surface area contributed by atoms with Crippen molar-refractivity contribution in [3.8, 4) is 0 Å². The second kappa shape index (κ2) is 8.95. The molecule has 0 spiro atoms. The van der Waals surface area contributed by atoms with Crippen LogP contribution in [0.25, 0.3) is 0 Å². The summed E-state index contributed by atoms with van der Waals surface area (Å²) in [4.78, 5) is 11.0. The third-order valence-corrected chi connectivity index (χ3v) is 10.3. The first kappa shape index (κ1) is 25.0. The SMILES string of the molecule is C[C@H](CC(O)C(=O)[O-])[C@H]1CCC2C3C(CC[C@@]21C)[C@@]1(C)CC[C@@H](O)C[C@H]1C[C@H]3O.[Na+]. The zero-order valence-corrected chi connectivity index (χ0v) is 21.2. The summed E-state index contributed by atoms with van der Waals surface area (Å²) < 4.78 is 0. The maximum absolute atomic E-state index is 11.2. The van der Waals surface area contributed by atoms with Crippen LogP contribution in [0.2, 0.25) is 0 Å². The molecule has 4 saturated carbocycles. The second-order valence-corrected chi connectivity index (χ2v) is 11.5. The fourth-order valence-corrected chi connectivity index (χ4v) is 8.79. The van der Waals surface area contributed by atoms with Crippen molar-refractivity contribution in [3.05, 3.63) is 0 Å². The molecule has 0 aliphatic heterocycles. The van der Waals surface area contributed by atoms with Crippen molar-refractivity contribution in [2.75, 3.05) is 0 Å². The molecule has 0 saturated heterocycles. The van der Waals surface area contributed by atoms with Crippen molar-refractivity contribution >= 4 is 5.97 Å². The third-order valence-electron chi connectivity index (χ3n) is 10.3. The van der Waals surface area contributed by atoms with Crippen LogP contribution in [0.3, 0.4) is 0 Å². The average Bonchev–Trinajstić information content (AvgIpc) is 3.00. The Kier molecular flexibility index (Phi) is 7.45. The maximum Gasteiger partial charge on any atom is 1.00 e. The van der Waals surface area contributed by atoms with E-state index in [0.717, 1.165) is 51.4 Å². The normalized spacial score (nSPS) is 49.7. The maximum atomic E-state index is 11.2. The van der Waals surface area contributed by atoms with Gasteiger partial charge < -0.3 is 25.2 Å². The first-order chi connectivity index (χ1) is 13.6. The fourth-order valence-electron chi connectivity index (χ4n) is 8.79. The molecule has 166 valence electrons. The summed E-state index contributed by atoms with van der Waals surface area (Å²) in [6, 6.07) is 0. The van der Waals surface area contributed by atoms with E-state index in [2.05, 4.69) is 20.8 Å².